The predicted octanol–water partition coefficient (Wildman–Crippen LogP) is 2.52. The Kier molecular flexibility index (Phi) is 5.13. The van der Waals surface area contributed by atoms with Gasteiger partial charge in [0.05, 0.1) is 24.4 Å². The normalized spacial score (nSPS) is 11.4. The van der Waals surface area contributed by atoms with Gasteiger partial charge in [-0.15, -0.1) is 0 Å². The van der Waals surface area contributed by atoms with Crippen molar-refractivity contribution in [3.8, 4) is 29.1 Å². The number of nitrogens with zero attached hydrogens (tertiary/aromatic N) is 1. The minimum atomic E-state index is -0.470. The second kappa shape index (κ2) is 7.66. The van der Waals surface area contributed by atoms with E-state index in [0.717, 1.165) is 0 Å². The third-order valence-corrected chi connectivity index (χ3v) is 3.82. The number of Topliss-reactive ketones (excluding diaryl/α,β-unsaturated/α-hetero) is 1. The minimum absolute atomic E-state index is 0.0612. The summed E-state index contributed by atoms with van der Waals surface area (Å²) in [6.45, 7) is 1.14. The van der Waals surface area contributed by atoms with E-state index in [2.05, 4.69) is 5.32 Å². The maximum absolute atomic E-state index is 12.3. The molecule has 8 nitrogen and oxygen atoms in total. The van der Waals surface area contributed by atoms with Gasteiger partial charge in [0, 0.05) is 17.7 Å². The quantitative estimate of drug-likeness (QED) is 0.781. The summed E-state index contributed by atoms with van der Waals surface area (Å²) < 4.78 is 21.2. The Morgan fingerprint density at radius 1 is 1.19 bits per heavy atom. The molecular weight excluding hydrogens is 352 g/mol. The summed E-state index contributed by atoms with van der Waals surface area (Å²) in [5.41, 5.74) is 1.03. The number of carbonyl (C=O) groups excluding carboxylic acids is 2. The Labute approximate surface area is 155 Å². The zero-order valence-corrected chi connectivity index (χ0v) is 14.7. The number of anilines is 1. The average molecular weight is 368 g/mol. The number of rotatable bonds is 6. The first-order chi connectivity index (χ1) is 13.0. The van der Waals surface area contributed by atoms with Gasteiger partial charge in [0.2, 0.25) is 6.79 Å². The van der Waals surface area contributed by atoms with Gasteiger partial charge in [-0.25, -0.2) is 0 Å². The topological polar surface area (TPSA) is 107 Å². The zero-order chi connectivity index (χ0) is 19.4. The molecular formula is C19H16N2O6. The first-order valence-corrected chi connectivity index (χ1v) is 7.97. The lowest BCUT2D eigenvalue weighted by Gasteiger charge is -2.13. The van der Waals surface area contributed by atoms with Crippen molar-refractivity contribution in [1.29, 1.82) is 5.26 Å². The van der Waals surface area contributed by atoms with E-state index in [4.69, 9.17) is 24.2 Å². The van der Waals surface area contributed by atoms with E-state index in [-0.39, 0.29) is 19.2 Å². The number of benzene rings is 2. The highest BCUT2D eigenvalue weighted by molar-refractivity contribution is 6.04. The minimum Gasteiger partial charge on any atom is -0.493 e. The molecule has 138 valence electrons. The second-order valence-electron chi connectivity index (χ2n) is 5.62. The fraction of sp³-hybridized carbons (Fsp3) is 0.211. The van der Waals surface area contributed by atoms with Gasteiger partial charge in [-0.1, -0.05) is 0 Å². The molecule has 1 heterocycles. The van der Waals surface area contributed by atoms with Crippen LogP contribution in [0.4, 0.5) is 5.69 Å². The highest BCUT2D eigenvalue weighted by Gasteiger charge is 2.20. The first kappa shape index (κ1) is 18.1. The number of methoxy groups -OCH3 is 1. The molecule has 0 saturated heterocycles. The summed E-state index contributed by atoms with van der Waals surface area (Å²) >= 11 is 0. The van der Waals surface area contributed by atoms with E-state index >= 15 is 0 Å². The molecule has 27 heavy (non-hydrogen) atoms. The average Bonchev–Trinajstić information content (AvgIpc) is 3.12. The second-order valence-corrected chi connectivity index (χ2v) is 5.62. The predicted molar refractivity (Wildman–Crippen MR) is 94.4 cm³/mol. The number of carbonyl (C=O) groups is 2. The molecule has 1 N–H and O–H groups in total. The van der Waals surface area contributed by atoms with E-state index in [1.165, 1.54) is 26.2 Å². The van der Waals surface area contributed by atoms with Crippen LogP contribution in [-0.2, 0) is 4.79 Å². The smallest absolute Gasteiger partial charge is 0.262 e. The van der Waals surface area contributed by atoms with E-state index in [0.29, 0.717) is 39.8 Å². The fourth-order valence-corrected chi connectivity index (χ4v) is 2.52. The summed E-state index contributed by atoms with van der Waals surface area (Å²) in [6.07, 6.45) is 0. The van der Waals surface area contributed by atoms with Crippen LogP contribution in [0.3, 0.4) is 0 Å². The number of ether oxygens (including phenoxy) is 4. The Morgan fingerprint density at radius 2 is 1.93 bits per heavy atom. The molecule has 1 aliphatic rings. The highest BCUT2D eigenvalue weighted by Crippen LogP contribution is 2.37. The van der Waals surface area contributed by atoms with Crippen LogP contribution in [0.15, 0.2) is 30.3 Å². The largest absolute Gasteiger partial charge is 0.493 e. The third kappa shape index (κ3) is 3.93. The van der Waals surface area contributed by atoms with Crippen LogP contribution in [0.2, 0.25) is 0 Å². The van der Waals surface area contributed by atoms with Crippen molar-refractivity contribution in [2.75, 3.05) is 25.8 Å². The van der Waals surface area contributed by atoms with Crippen molar-refractivity contribution in [2.24, 2.45) is 0 Å². The highest BCUT2D eigenvalue weighted by atomic mass is 16.7. The van der Waals surface area contributed by atoms with Crippen LogP contribution >= 0.6 is 0 Å². The van der Waals surface area contributed by atoms with Crippen molar-refractivity contribution in [2.45, 2.75) is 6.92 Å². The summed E-state index contributed by atoms with van der Waals surface area (Å²) in [4.78, 5) is 24.1. The lowest BCUT2D eigenvalue weighted by molar-refractivity contribution is -0.118. The van der Waals surface area contributed by atoms with Crippen molar-refractivity contribution in [3.05, 3.63) is 41.5 Å². The number of nitrogens with one attached hydrogen (secondary N) is 1. The molecule has 0 aliphatic carbocycles. The van der Waals surface area contributed by atoms with E-state index in [1.54, 1.807) is 18.2 Å². The number of amides is 1. The zero-order valence-electron chi connectivity index (χ0n) is 14.7. The maximum Gasteiger partial charge on any atom is 0.262 e. The summed E-state index contributed by atoms with van der Waals surface area (Å²) in [7, 11) is 1.44. The molecule has 0 unspecified atom stereocenters. The van der Waals surface area contributed by atoms with Crippen LogP contribution in [0, 0.1) is 11.3 Å². The molecule has 0 bridgehead atoms. The van der Waals surface area contributed by atoms with E-state index < -0.39 is 5.91 Å². The van der Waals surface area contributed by atoms with E-state index in [1.807, 2.05) is 6.07 Å². The van der Waals surface area contributed by atoms with Crippen LogP contribution in [0.25, 0.3) is 0 Å². The molecule has 8 heteroatoms. The molecule has 0 spiro atoms. The van der Waals surface area contributed by atoms with Crippen molar-refractivity contribution in [1.82, 2.24) is 0 Å². The van der Waals surface area contributed by atoms with Gasteiger partial charge < -0.3 is 24.3 Å². The van der Waals surface area contributed by atoms with Crippen LogP contribution < -0.4 is 24.3 Å². The number of ketones is 1. The van der Waals surface area contributed by atoms with Gasteiger partial charge in [-0.05, 0) is 25.1 Å². The fourth-order valence-electron chi connectivity index (χ4n) is 2.52. The Hall–Kier alpha value is -3.73. The number of hydrogen-bond acceptors (Lipinski definition) is 7. The van der Waals surface area contributed by atoms with Crippen LogP contribution in [0.1, 0.15) is 22.8 Å². The molecule has 0 atom stereocenters. The summed E-state index contributed by atoms with van der Waals surface area (Å²) in [5, 5.41) is 11.5. The van der Waals surface area contributed by atoms with E-state index in [9.17, 15) is 9.59 Å². The van der Waals surface area contributed by atoms with Gasteiger partial charge in [0.15, 0.2) is 35.4 Å². The standard InChI is InChI=1S/C19H16N2O6/c1-11(22)13-6-17-18(27-10-26-17)7-14(13)21-19(23)9-25-15-4-3-12(8-20)5-16(15)24-2/h3-7H,9-10H2,1-2H3,(H,21,23). The monoisotopic (exact) mass is 368 g/mol. The van der Waals surface area contributed by atoms with Crippen molar-refractivity contribution < 1.29 is 28.5 Å². The molecule has 1 amide bonds. The SMILES string of the molecule is COc1cc(C#N)ccc1OCC(=O)Nc1cc2c(cc1C(C)=O)OCO2. The molecule has 0 radical (unpaired) electrons. The number of fused-ring (bicyclic) bond motifs is 1. The lowest BCUT2D eigenvalue weighted by atomic mass is 10.1. The number of nitriles is 1. The molecule has 0 fully saturated rings. The summed E-state index contributed by atoms with van der Waals surface area (Å²) in [5.74, 6) is 0.876. The Bertz CT molecular complexity index is 948. The van der Waals surface area contributed by atoms with Crippen LogP contribution in [-0.4, -0.2) is 32.2 Å². The van der Waals surface area contributed by atoms with Gasteiger partial charge in [0.1, 0.15) is 0 Å². The van der Waals surface area contributed by atoms with Crippen molar-refractivity contribution >= 4 is 17.4 Å². The molecule has 1 aliphatic heterocycles. The first-order valence-electron chi connectivity index (χ1n) is 7.97. The van der Waals surface area contributed by atoms with Gasteiger partial charge in [-0.3, -0.25) is 9.59 Å². The number of hydrogen-bond donors (Lipinski definition) is 1. The third-order valence-electron chi connectivity index (χ3n) is 3.82. The van der Waals surface area contributed by atoms with Gasteiger partial charge in [0.25, 0.3) is 5.91 Å². The van der Waals surface area contributed by atoms with Gasteiger partial charge in [-0.2, -0.15) is 5.26 Å². The van der Waals surface area contributed by atoms with Gasteiger partial charge >= 0.3 is 0 Å². The van der Waals surface area contributed by atoms with Crippen LogP contribution in [0.5, 0.6) is 23.0 Å². The lowest BCUT2D eigenvalue weighted by Crippen LogP contribution is -2.21. The van der Waals surface area contributed by atoms with Crippen molar-refractivity contribution in [3.63, 3.8) is 0 Å². The maximum atomic E-state index is 12.3. The Balaban J connectivity index is 1.72. The molecule has 2 aromatic rings. The summed E-state index contributed by atoms with van der Waals surface area (Å²) in [6, 6.07) is 9.69. The molecule has 3 rings (SSSR count). The molecule has 0 aromatic heterocycles. The molecule has 2 aromatic carbocycles. The molecule has 0 saturated carbocycles. The Morgan fingerprint density at radius 3 is 2.59 bits per heavy atom.